The number of pyridine rings is 1. The zero-order valence-electron chi connectivity index (χ0n) is 18.1. The van der Waals surface area contributed by atoms with Crippen molar-refractivity contribution < 1.29 is 32.5 Å². The van der Waals surface area contributed by atoms with Crippen LogP contribution in [0.25, 0.3) is 11.3 Å². The van der Waals surface area contributed by atoms with Crippen molar-refractivity contribution in [3.05, 3.63) is 59.8 Å². The van der Waals surface area contributed by atoms with E-state index in [0.29, 0.717) is 10.5 Å². The SMILES string of the molecule is COC1C(n2cc(-c3cc(F)c(F)c(F)c3)nn2)[C@H]2OCC(O)C2O[C@@H]1Sc1cncc(C#N)c1. The summed E-state index contributed by atoms with van der Waals surface area (Å²) in [6.07, 6.45) is 1.50. The fourth-order valence-corrected chi connectivity index (χ4v) is 5.42. The third kappa shape index (κ3) is 4.39. The fraction of sp³-hybridized carbons (Fsp3) is 0.364. The first-order valence-electron chi connectivity index (χ1n) is 10.5. The molecule has 6 atom stereocenters. The van der Waals surface area contributed by atoms with Gasteiger partial charge in [0.15, 0.2) is 17.5 Å². The summed E-state index contributed by atoms with van der Waals surface area (Å²) >= 11 is 1.25. The van der Waals surface area contributed by atoms with Crippen LogP contribution in [0.5, 0.6) is 0 Å². The number of benzene rings is 1. The van der Waals surface area contributed by atoms with Gasteiger partial charge in [-0.1, -0.05) is 17.0 Å². The van der Waals surface area contributed by atoms with Crippen LogP contribution in [0.1, 0.15) is 11.6 Å². The second kappa shape index (κ2) is 9.56. The number of aromatic nitrogens is 4. The van der Waals surface area contributed by atoms with Gasteiger partial charge in [0.1, 0.15) is 47.7 Å². The van der Waals surface area contributed by atoms with Gasteiger partial charge in [-0.25, -0.2) is 17.9 Å². The van der Waals surface area contributed by atoms with E-state index in [9.17, 15) is 18.3 Å². The van der Waals surface area contributed by atoms with Gasteiger partial charge in [-0.3, -0.25) is 4.98 Å². The van der Waals surface area contributed by atoms with Crippen molar-refractivity contribution in [3.8, 4) is 17.3 Å². The number of ether oxygens (including phenoxy) is 3. The molecule has 0 aliphatic carbocycles. The van der Waals surface area contributed by atoms with Gasteiger partial charge in [-0.2, -0.15) is 5.26 Å². The van der Waals surface area contributed by atoms with E-state index in [-0.39, 0.29) is 17.9 Å². The van der Waals surface area contributed by atoms with Crippen LogP contribution in [0.15, 0.2) is 41.7 Å². The summed E-state index contributed by atoms with van der Waals surface area (Å²) in [5.41, 5.74) is -0.179. The first-order chi connectivity index (χ1) is 16.9. The van der Waals surface area contributed by atoms with Crippen molar-refractivity contribution >= 4 is 11.8 Å². The predicted octanol–water partition coefficient (Wildman–Crippen LogP) is 2.46. The molecule has 2 aliphatic rings. The number of aliphatic hydroxyl groups is 1. The topological polar surface area (TPSA) is 115 Å². The standard InChI is InChI=1S/C22H18F3N5O4S/c1-32-21-18(30-8-15(28-29-30)11-3-13(23)17(25)14(24)4-11)20-19(16(31)9-33-20)34-22(21)35-12-2-10(5-26)6-27-7-12/h2-4,6-8,16,18-22,31H,9H2,1H3/t16?,18?,19?,20-,21?,22-/m1/s1. The van der Waals surface area contributed by atoms with Crippen LogP contribution in [0.3, 0.4) is 0 Å². The van der Waals surface area contributed by atoms with Crippen molar-refractivity contribution in [3.63, 3.8) is 0 Å². The fourth-order valence-electron chi connectivity index (χ4n) is 4.24. The van der Waals surface area contributed by atoms with Gasteiger partial charge < -0.3 is 19.3 Å². The monoisotopic (exact) mass is 505 g/mol. The Bertz CT molecular complexity index is 1260. The van der Waals surface area contributed by atoms with Crippen LogP contribution in [-0.4, -0.2) is 68.7 Å². The third-order valence-corrected chi connectivity index (χ3v) is 6.96. The molecular formula is C22H18F3N5O4S. The van der Waals surface area contributed by atoms with Crippen LogP contribution >= 0.6 is 11.8 Å². The summed E-state index contributed by atoms with van der Waals surface area (Å²) in [7, 11) is 1.48. The molecule has 35 heavy (non-hydrogen) atoms. The molecule has 2 aromatic heterocycles. The summed E-state index contributed by atoms with van der Waals surface area (Å²) in [5.74, 6) is -4.26. The van der Waals surface area contributed by atoms with Gasteiger partial charge >= 0.3 is 0 Å². The number of halogens is 3. The van der Waals surface area contributed by atoms with Gasteiger partial charge in [0.25, 0.3) is 0 Å². The molecule has 5 rings (SSSR count). The molecule has 0 radical (unpaired) electrons. The van der Waals surface area contributed by atoms with E-state index >= 15 is 0 Å². The maximum absolute atomic E-state index is 13.8. The van der Waals surface area contributed by atoms with Gasteiger partial charge in [-0.15, -0.1) is 5.10 Å². The lowest BCUT2D eigenvalue weighted by molar-refractivity contribution is -0.170. The lowest BCUT2D eigenvalue weighted by Gasteiger charge is -2.43. The molecule has 3 aromatic rings. The molecule has 9 nitrogen and oxygen atoms in total. The predicted molar refractivity (Wildman–Crippen MR) is 114 cm³/mol. The lowest BCUT2D eigenvalue weighted by Crippen LogP contribution is -2.55. The maximum atomic E-state index is 13.8. The van der Waals surface area contributed by atoms with Crippen LogP contribution in [0.4, 0.5) is 13.2 Å². The minimum atomic E-state index is -1.57. The molecule has 1 N–H and O–H groups in total. The molecule has 0 spiro atoms. The van der Waals surface area contributed by atoms with Crippen molar-refractivity contribution in [1.29, 1.82) is 5.26 Å². The first-order valence-corrected chi connectivity index (χ1v) is 11.3. The second-order valence-corrected chi connectivity index (χ2v) is 9.17. The van der Waals surface area contributed by atoms with Gasteiger partial charge in [0.2, 0.25) is 0 Å². The summed E-state index contributed by atoms with van der Waals surface area (Å²) < 4.78 is 60.0. The van der Waals surface area contributed by atoms with Crippen molar-refractivity contribution in [2.75, 3.05) is 13.7 Å². The number of fused-ring (bicyclic) bond motifs is 1. The van der Waals surface area contributed by atoms with E-state index < -0.39 is 53.3 Å². The van der Waals surface area contributed by atoms with E-state index in [4.69, 9.17) is 19.5 Å². The average molecular weight is 505 g/mol. The van der Waals surface area contributed by atoms with E-state index in [1.807, 2.05) is 6.07 Å². The number of thioether (sulfide) groups is 1. The minimum Gasteiger partial charge on any atom is -0.388 e. The second-order valence-electron chi connectivity index (χ2n) is 8.00. The Balaban J connectivity index is 1.49. The Labute approximate surface area is 201 Å². The molecule has 182 valence electrons. The molecule has 4 heterocycles. The number of rotatable bonds is 5. The number of hydrogen-bond donors (Lipinski definition) is 1. The Morgan fingerprint density at radius 2 is 1.97 bits per heavy atom. The average Bonchev–Trinajstić information content (AvgIpc) is 3.49. The van der Waals surface area contributed by atoms with Crippen LogP contribution in [-0.2, 0) is 14.2 Å². The molecule has 13 heteroatoms. The van der Waals surface area contributed by atoms with Crippen LogP contribution in [0, 0.1) is 28.8 Å². The van der Waals surface area contributed by atoms with E-state index in [2.05, 4.69) is 15.3 Å². The highest BCUT2D eigenvalue weighted by molar-refractivity contribution is 7.99. The Morgan fingerprint density at radius 1 is 1.20 bits per heavy atom. The molecule has 1 aromatic carbocycles. The molecule has 0 bridgehead atoms. The Hall–Kier alpha value is -3.02. The van der Waals surface area contributed by atoms with E-state index in [1.165, 1.54) is 35.9 Å². The molecule has 0 amide bonds. The highest BCUT2D eigenvalue weighted by Gasteiger charge is 2.54. The quantitative estimate of drug-likeness (QED) is 0.522. The van der Waals surface area contributed by atoms with Crippen LogP contribution < -0.4 is 0 Å². The largest absolute Gasteiger partial charge is 0.388 e. The van der Waals surface area contributed by atoms with E-state index in [0.717, 1.165) is 12.1 Å². The Kier molecular flexibility index (Phi) is 6.47. The molecule has 2 saturated heterocycles. The highest BCUT2D eigenvalue weighted by atomic mass is 32.2. The van der Waals surface area contributed by atoms with Gasteiger partial charge in [0.05, 0.1) is 18.4 Å². The van der Waals surface area contributed by atoms with Crippen molar-refractivity contribution in [1.82, 2.24) is 20.0 Å². The van der Waals surface area contributed by atoms with Crippen molar-refractivity contribution in [2.24, 2.45) is 0 Å². The number of nitrogens with zero attached hydrogens (tertiary/aromatic N) is 5. The highest BCUT2D eigenvalue weighted by Crippen LogP contribution is 2.43. The minimum absolute atomic E-state index is 0.00270. The number of aliphatic hydroxyl groups excluding tert-OH is 1. The summed E-state index contributed by atoms with van der Waals surface area (Å²) in [6.45, 7) is 0.0288. The third-order valence-electron chi connectivity index (χ3n) is 5.86. The summed E-state index contributed by atoms with van der Waals surface area (Å²) in [6, 6.07) is 4.70. The first kappa shape index (κ1) is 23.7. The van der Waals surface area contributed by atoms with Crippen molar-refractivity contribution in [2.45, 2.75) is 40.8 Å². The Morgan fingerprint density at radius 3 is 2.69 bits per heavy atom. The normalized spacial score (nSPS) is 28.0. The molecule has 0 saturated carbocycles. The number of hydrogen-bond acceptors (Lipinski definition) is 9. The molecule has 2 aliphatic heterocycles. The summed E-state index contributed by atoms with van der Waals surface area (Å²) in [5, 5.41) is 27.7. The van der Waals surface area contributed by atoms with Gasteiger partial charge in [-0.05, 0) is 18.2 Å². The molecule has 4 unspecified atom stereocenters. The lowest BCUT2D eigenvalue weighted by atomic mass is 9.96. The van der Waals surface area contributed by atoms with E-state index in [1.54, 1.807) is 12.3 Å². The molecular weight excluding hydrogens is 487 g/mol. The smallest absolute Gasteiger partial charge is 0.194 e. The zero-order chi connectivity index (χ0) is 24.7. The summed E-state index contributed by atoms with van der Waals surface area (Å²) in [4.78, 5) is 4.71. The number of nitriles is 1. The maximum Gasteiger partial charge on any atom is 0.194 e. The van der Waals surface area contributed by atoms with Crippen LogP contribution in [0.2, 0.25) is 0 Å². The molecule has 2 fully saturated rings. The van der Waals surface area contributed by atoms with Gasteiger partial charge in [0, 0.05) is 30.0 Å². The zero-order valence-corrected chi connectivity index (χ0v) is 18.9. The number of methoxy groups -OCH3 is 1.